The van der Waals surface area contributed by atoms with Gasteiger partial charge in [0, 0.05) is 47.3 Å². The summed E-state index contributed by atoms with van der Waals surface area (Å²) in [5, 5.41) is 23.2. The molecule has 5 rings (SSSR count). The number of aryl methyl sites for hydroxylation is 1. The molecule has 0 aliphatic carbocycles. The van der Waals surface area contributed by atoms with E-state index in [0.717, 1.165) is 28.1 Å². The van der Waals surface area contributed by atoms with Crippen LogP contribution in [0.4, 0.5) is 27.8 Å². The maximum Gasteiger partial charge on any atom is 0.323 e. The molecule has 10 nitrogen and oxygen atoms in total. The maximum atomic E-state index is 13.1. The lowest BCUT2D eigenvalue weighted by molar-refractivity contribution is 0.262. The molecule has 0 aliphatic heterocycles. The molecule has 0 atom stereocenters. The molecule has 5 aromatic rings. The van der Waals surface area contributed by atoms with Crippen LogP contribution in [-0.4, -0.2) is 30.8 Å². The van der Waals surface area contributed by atoms with Gasteiger partial charge in [-0.05, 0) is 75.7 Å². The molecule has 0 aliphatic rings. The SMILES string of the molecule is Cc1ccc(NC(=O)Nc2cn(C(C)(C)C)nc2-c2cccc(C#N)c2)cc1Nc1nccc(-c2cccnc2)n1. The molecule has 10 heteroatoms. The number of rotatable bonds is 6. The quantitative estimate of drug-likeness (QED) is 0.216. The van der Waals surface area contributed by atoms with E-state index < -0.39 is 6.03 Å². The highest BCUT2D eigenvalue weighted by molar-refractivity contribution is 6.02. The van der Waals surface area contributed by atoms with E-state index in [0.29, 0.717) is 28.6 Å². The second-order valence-corrected chi connectivity index (χ2v) is 10.4. The molecule has 0 spiro atoms. The van der Waals surface area contributed by atoms with Crippen molar-refractivity contribution in [2.75, 3.05) is 16.0 Å². The molecule has 0 unspecified atom stereocenters. The van der Waals surface area contributed by atoms with Gasteiger partial charge in [-0.15, -0.1) is 0 Å². The first-order valence-corrected chi connectivity index (χ1v) is 13.0. The van der Waals surface area contributed by atoms with Crippen LogP contribution in [0.3, 0.4) is 0 Å². The van der Waals surface area contributed by atoms with Gasteiger partial charge in [-0.1, -0.05) is 18.2 Å². The highest BCUT2D eigenvalue weighted by atomic mass is 16.2. The highest BCUT2D eigenvalue weighted by Gasteiger charge is 2.21. The van der Waals surface area contributed by atoms with Crippen LogP contribution < -0.4 is 16.0 Å². The molecule has 3 aromatic heterocycles. The molecule has 0 saturated heterocycles. The molecule has 41 heavy (non-hydrogen) atoms. The van der Waals surface area contributed by atoms with E-state index in [-0.39, 0.29) is 5.54 Å². The molecule has 0 fully saturated rings. The first kappa shape index (κ1) is 27.0. The molecule has 0 bridgehead atoms. The normalized spacial score (nSPS) is 11.0. The summed E-state index contributed by atoms with van der Waals surface area (Å²) in [4.78, 5) is 26.3. The Kier molecular flexibility index (Phi) is 7.43. The standard InChI is InChI=1S/C31H29N9O/c1-20-10-11-24(16-26(20)37-29-34-14-12-25(36-29)23-9-6-13-33-18-23)35-30(41)38-27-19-40(31(2,3)4)39-28(27)22-8-5-7-21(15-22)17-32/h5-16,18-19H,1-4H3,(H,34,36,37)(H2,35,38,41). The van der Waals surface area contributed by atoms with E-state index in [2.05, 4.69) is 37.0 Å². The summed E-state index contributed by atoms with van der Waals surface area (Å²) in [5.74, 6) is 0.426. The van der Waals surface area contributed by atoms with Crippen LogP contribution in [0.25, 0.3) is 22.5 Å². The summed E-state index contributed by atoms with van der Waals surface area (Å²) >= 11 is 0. The van der Waals surface area contributed by atoms with Gasteiger partial charge < -0.3 is 16.0 Å². The minimum atomic E-state index is -0.430. The second kappa shape index (κ2) is 11.3. The van der Waals surface area contributed by atoms with Crippen molar-refractivity contribution in [1.82, 2.24) is 24.7 Å². The Morgan fingerprint density at radius 3 is 2.54 bits per heavy atom. The largest absolute Gasteiger partial charge is 0.324 e. The van der Waals surface area contributed by atoms with Crippen LogP contribution in [0, 0.1) is 18.3 Å². The van der Waals surface area contributed by atoms with Crippen molar-refractivity contribution in [2.24, 2.45) is 0 Å². The number of nitrogens with zero attached hydrogens (tertiary/aromatic N) is 6. The van der Waals surface area contributed by atoms with Gasteiger partial charge in [-0.2, -0.15) is 10.4 Å². The van der Waals surface area contributed by atoms with Crippen molar-refractivity contribution in [2.45, 2.75) is 33.2 Å². The van der Waals surface area contributed by atoms with E-state index in [9.17, 15) is 10.1 Å². The van der Waals surface area contributed by atoms with E-state index in [1.165, 1.54) is 0 Å². The number of carbonyl (C=O) groups is 1. The zero-order valence-electron chi connectivity index (χ0n) is 23.2. The van der Waals surface area contributed by atoms with Crippen molar-refractivity contribution in [1.29, 1.82) is 5.26 Å². The van der Waals surface area contributed by atoms with E-state index >= 15 is 0 Å². The zero-order chi connectivity index (χ0) is 29.0. The highest BCUT2D eigenvalue weighted by Crippen LogP contribution is 2.30. The van der Waals surface area contributed by atoms with Crippen LogP contribution in [0.2, 0.25) is 0 Å². The van der Waals surface area contributed by atoms with Gasteiger partial charge in [0.1, 0.15) is 5.69 Å². The number of hydrogen-bond donors (Lipinski definition) is 3. The van der Waals surface area contributed by atoms with Gasteiger partial charge >= 0.3 is 6.03 Å². The first-order chi connectivity index (χ1) is 19.7. The molecular weight excluding hydrogens is 514 g/mol. The van der Waals surface area contributed by atoms with Gasteiger partial charge in [0.2, 0.25) is 5.95 Å². The van der Waals surface area contributed by atoms with Crippen LogP contribution in [-0.2, 0) is 5.54 Å². The van der Waals surface area contributed by atoms with Crippen LogP contribution in [0.5, 0.6) is 0 Å². The minimum absolute atomic E-state index is 0.314. The number of hydrogen-bond acceptors (Lipinski definition) is 7. The number of nitrogens with one attached hydrogen (secondary N) is 3. The zero-order valence-corrected chi connectivity index (χ0v) is 23.2. The fraction of sp³-hybridized carbons (Fsp3) is 0.161. The molecular formula is C31H29N9O. The van der Waals surface area contributed by atoms with Crippen molar-refractivity contribution in [3.63, 3.8) is 0 Å². The third-order valence-corrected chi connectivity index (χ3v) is 6.27. The maximum absolute atomic E-state index is 13.1. The molecule has 2 aromatic carbocycles. The lowest BCUT2D eigenvalue weighted by Crippen LogP contribution is -2.22. The second-order valence-electron chi connectivity index (χ2n) is 10.4. The average molecular weight is 544 g/mol. The Morgan fingerprint density at radius 2 is 1.78 bits per heavy atom. The van der Waals surface area contributed by atoms with Crippen LogP contribution >= 0.6 is 0 Å². The van der Waals surface area contributed by atoms with Gasteiger partial charge in [-0.3, -0.25) is 9.67 Å². The van der Waals surface area contributed by atoms with Crippen molar-refractivity contribution in [3.05, 3.63) is 96.6 Å². The van der Waals surface area contributed by atoms with Crippen molar-refractivity contribution >= 4 is 29.0 Å². The number of amides is 2. The Morgan fingerprint density at radius 1 is 0.951 bits per heavy atom. The minimum Gasteiger partial charge on any atom is -0.324 e. The molecule has 204 valence electrons. The van der Waals surface area contributed by atoms with E-state index in [1.54, 1.807) is 47.7 Å². The summed E-state index contributed by atoms with van der Waals surface area (Å²) in [6, 6.07) is 20.0. The molecule has 3 heterocycles. The number of anilines is 4. The van der Waals surface area contributed by atoms with Crippen molar-refractivity contribution in [3.8, 4) is 28.6 Å². The van der Waals surface area contributed by atoms with Gasteiger partial charge in [0.05, 0.1) is 28.6 Å². The lowest BCUT2D eigenvalue weighted by atomic mass is 10.1. The lowest BCUT2D eigenvalue weighted by Gasteiger charge is -2.18. The summed E-state index contributed by atoms with van der Waals surface area (Å²) in [6.07, 6.45) is 6.94. The summed E-state index contributed by atoms with van der Waals surface area (Å²) in [7, 11) is 0. The van der Waals surface area contributed by atoms with Crippen LogP contribution in [0.1, 0.15) is 31.9 Å². The summed E-state index contributed by atoms with van der Waals surface area (Å²) in [6.45, 7) is 8.03. The van der Waals surface area contributed by atoms with Gasteiger partial charge in [-0.25, -0.2) is 14.8 Å². The smallest absolute Gasteiger partial charge is 0.323 e. The van der Waals surface area contributed by atoms with E-state index in [1.807, 2.05) is 70.2 Å². The van der Waals surface area contributed by atoms with Gasteiger partial charge in [0.25, 0.3) is 0 Å². The number of aromatic nitrogens is 5. The number of pyridine rings is 1. The Balaban J connectivity index is 1.36. The number of benzene rings is 2. The Bertz CT molecular complexity index is 1750. The molecule has 3 N–H and O–H groups in total. The van der Waals surface area contributed by atoms with Crippen molar-refractivity contribution < 1.29 is 4.79 Å². The Hall–Kier alpha value is -5.56. The Labute approximate surface area is 238 Å². The third-order valence-electron chi connectivity index (χ3n) is 6.27. The fourth-order valence-corrected chi connectivity index (χ4v) is 4.09. The van der Waals surface area contributed by atoms with Crippen LogP contribution in [0.15, 0.2) is 85.5 Å². The predicted octanol–water partition coefficient (Wildman–Crippen LogP) is 6.72. The van der Waals surface area contributed by atoms with E-state index in [4.69, 9.17) is 5.10 Å². The molecule has 0 radical (unpaired) electrons. The fourth-order valence-electron chi connectivity index (χ4n) is 4.09. The average Bonchev–Trinajstić information content (AvgIpc) is 3.40. The number of nitriles is 1. The number of urea groups is 1. The topological polar surface area (TPSA) is 133 Å². The molecule has 2 amide bonds. The molecule has 0 saturated carbocycles. The monoisotopic (exact) mass is 543 g/mol. The number of carbonyl (C=O) groups excluding carboxylic acids is 1. The first-order valence-electron chi connectivity index (χ1n) is 13.0. The predicted molar refractivity (Wildman–Crippen MR) is 160 cm³/mol. The summed E-state index contributed by atoms with van der Waals surface area (Å²) in [5.41, 5.74) is 5.95. The third kappa shape index (κ3) is 6.37. The summed E-state index contributed by atoms with van der Waals surface area (Å²) < 4.78 is 1.80. The van der Waals surface area contributed by atoms with Gasteiger partial charge in [0.15, 0.2) is 0 Å².